The fourth-order valence-corrected chi connectivity index (χ4v) is 0.129. The summed E-state index contributed by atoms with van der Waals surface area (Å²) in [4.78, 5) is 0. The van der Waals surface area contributed by atoms with E-state index in [1.54, 1.807) is 0 Å². The van der Waals surface area contributed by atoms with Crippen molar-refractivity contribution in [3.63, 3.8) is 0 Å². The topological polar surface area (TPSA) is 72.3 Å². The number of rotatable bonds is 3. The summed E-state index contributed by atoms with van der Waals surface area (Å²) < 4.78 is 0. The summed E-state index contributed by atoms with van der Waals surface area (Å²) in [6.07, 6.45) is 1.95. The number of nitrogens with two attached hydrogens (primary N) is 2. The van der Waals surface area contributed by atoms with Crippen LogP contribution in [0.1, 0.15) is 26.7 Å². The van der Waals surface area contributed by atoms with Crippen LogP contribution >= 0.6 is 0 Å². The monoisotopic (exact) mass is 148 g/mol. The molecule has 0 aromatic heterocycles. The van der Waals surface area contributed by atoms with Crippen LogP contribution in [0.2, 0.25) is 0 Å². The first kappa shape index (κ1) is 12.5. The third-order valence-electron chi connectivity index (χ3n) is 1.05. The molecule has 1 unspecified atom stereocenters. The highest BCUT2D eigenvalue weighted by molar-refractivity contribution is 4.51. The molecule has 1 atom stereocenters. The summed E-state index contributed by atoms with van der Waals surface area (Å²) in [5, 5.41) is 8.21. The van der Waals surface area contributed by atoms with Gasteiger partial charge in [0.2, 0.25) is 0 Å². The van der Waals surface area contributed by atoms with Crippen LogP contribution in [-0.2, 0) is 0 Å². The minimum atomic E-state index is -0.00926. The lowest BCUT2D eigenvalue weighted by atomic mass is 10.3. The molecule has 0 aliphatic heterocycles. The number of hydrogen-bond acceptors (Lipinski definition) is 3. The van der Waals surface area contributed by atoms with Crippen molar-refractivity contribution in [2.75, 3.05) is 13.2 Å². The van der Waals surface area contributed by atoms with Crippen LogP contribution < -0.4 is 11.5 Å². The molecule has 10 heavy (non-hydrogen) atoms. The molecule has 0 aromatic carbocycles. The predicted octanol–water partition coefficient (Wildman–Crippen LogP) is 0.0711. The van der Waals surface area contributed by atoms with Crippen LogP contribution in [0.25, 0.3) is 0 Å². The molecule has 64 valence electrons. The first-order valence-electron chi connectivity index (χ1n) is 3.79. The molecule has 0 saturated heterocycles. The molecule has 5 N–H and O–H groups in total. The highest BCUT2D eigenvalue weighted by Gasteiger charge is 1.90. The van der Waals surface area contributed by atoms with Crippen LogP contribution in [0.15, 0.2) is 0 Å². The van der Waals surface area contributed by atoms with Crippen molar-refractivity contribution in [1.82, 2.24) is 0 Å². The Morgan fingerprint density at radius 2 is 1.80 bits per heavy atom. The van der Waals surface area contributed by atoms with Crippen molar-refractivity contribution in [1.29, 1.82) is 0 Å². The quantitative estimate of drug-likeness (QED) is 0.530. The Bertz CT molecular complexity index is 44.9. The van der Waals surface area contributed by atoms with Crippen molar-refractivity contribution in [3.8, 4) is 0 Å². The molecule has 0 bridgehead atoms. The highest BCUT2D eigenvalue weighted by atomic mass is 16.3. The summed E-state index contributed by atoms with van der Waals surface area (Å²) in [5.41, 5.74) is 10.2. The molecule has 0 heterocycles. The number of hydrogen-bond donors (Lipinski definition) is 3. The van der Waals surface area contributed by atoms with Gasteiger partial charge in [-0.2, -0.15) is 0 Å². The molecule has 0 radical (unpaired) electrons. The molecule has 3 nitrogen and oxygen atoms in total. The molecule has 0 aliphatic carbocycles. The summed E-state index contributed by atoms with van der Waals surface area (Å²) >= 11 is 0. The summed E-state index contributed by atoms with van der Waals surface area (Å²) in [5.74, 6) is 0. The van der Waals surface area contributed by atoms with E-state index >= 15 is 0 Å². The maximum atomic E-state index is 8.21. The lowest BCUT2D eigenvalue weighted by Crippen LogP contribution is -2.22. The van der Waals surface area contributed by atoms with Crippen molar-refractivity contribution >= 4 is 0 Å². The summed E-state index contributed by atoms with van der Waals surface area (Å²) in [6.45, 7) is 4.93. The van der Waals surface area contributed by atoms with Crippen LogP contribution in [0.5, 0.6) is 0 Å². The maximum Gasteiger partial charge on any atom is 0.0582 e. The molecule has 0 saturated carbocycles. The van der Waals surface area contributed by atoms with E-state index in [1.807, 2.05) is 6.92 Å². The van der Waals surface area contributed by atoms with E-state index in [1.165, 1.54) is 0 Å². The minimum absolute atomic E-state index is 0.00926. The number of aliphatic hydroxyl groups excluding tert-OH is 1. The normalized spacial score (nSPS) is 11.7. The lowest BCUT2D eigenvalue weighted by molar-refractivity contribution is 0.263. The maximum absolute atomic E-state index is 8.21. The molecule has 0 amide bonds. The predicted molar refractivity (Wildman–Crippen MR) is 44.7 cm³/mol. The van der Waals surface area contributed by atoms with E-state index < -0.39 is 0 Å². The van der Waals surface area contributed by atoms with Gasteiger partial charge in [-0.3, -0.25) is 0 Å². The Balaban J connectivity index is 0. The first-order chi connectivity index (χ1) is 4.72. The van der Waals surface area contributed by atoms with E-state index in [9.17, 15) is 0 Å². The van der Waals surface area contributed by atoms with E-state index in [0.29, 0.717) is 0 Å². The Morgan fingerprint density at radius 3 is 1.80 bits per heavy atom. The van der Waals surface area contributed by atoms with Crippen LogP contribution in [0.3, 0.4) is 0 Å². The molecule has 0 aliphatic rings. The largest absolute Gasteiger partial charge is 0.395 e. The second-order valence-electron chi connectivity index (χ2n) is 2.14. The summed E-state index contributed by atoms with van der Waals surface area (Å²) in [7, 11) is 0. The third kappa shape index (κ3) is 15.7. The van der Waals surface area contributed by atoms with Crippen molar-refractivity contribution < 1.29 is 5.11 Å². The minimum Gasteiger partial charge on any atom is -0.395 e. The fourth-order valence-electron chi connectivity index (χ4n) is 0.129. The molecular formula is C7H20N2O. The van der Waals surface area contributed by atoms with Crippen molar-refractivity contribution in [2.45, 2.75) is 32.7 Å². The Labute approximate surface area is 63.4 Å². The highest BCUT2D eigenvalue weighted by Crippen LogP contribution is 1.79. The van der Waals surface area contributed by atoms with Gasteiger partial charge in [0.25, 0.3) is 0 Å². The number of aliphatic hydroxyl groups is 1. The van der Waals surface area contributed by atoms with Crippen LogP contribution in [0.4, 0.5) is 0 Å². The second kappa shape index (κ2) is 11.6. The van der Waals surface area contributed by atoms with Gasteiger partial charge in [-0.05, 0) is 19.4 Å². The average Bonchev–Trinajstić information content (AvgIpc) is 2.03. The van der Waals surface area contributed by atoms with Gasteiger partial charge in [0.05, 0.1) is 6.61 Å². The molecular weight excluding hydrogens is 128 g/mol. The smallest absolute Gasteiger partial charge is 0.0582 e. The van der Waals surface area contributed by atoms with Gasteiger partial charge in [0.1, 0.15) is 0 Å². The van der Waals surface area contributed by atoms with Gasteiger partial charge in [0, 0.05) is 6.04 Å². The zero-order chi connectivity index (χ0) is 8.41. The molecule has 0 rings (SSSR count). The summed E-state index contributed by atoms with van der Waals surface area (Å²) in [6, 6.07) is -0.00926. The van der Waals surface area contributed by atoms with Gasteiger partial charge in [-0.15, -0.1) is 0 Å². The van der Waals surface area contributed by atoms with Gasteiger partial charge < -0.3 is 16.6 Å². The van der Waals surface area contributed by atoms with Gasteiger partial charge in [-0.25, -0.2) is 0 Å². The van der Waals surface area contributed by atoms with Gasteiger partial charge in [-0.1, -0.05) is 13.8 Å². The fraction of sp³-hybridized carbons (Fsp3) is 1.00. The zero-order valence-corrected chi connectivity index (χ0v) is 7.01. The standard InChI is InChI=1S/C4H11NO.C3H9N/c1-2-4(5)3-6;1-2-3-4/h4,6H,2-3,5H2,1H3;2-4H2,1H3. The lowest BCUT2D eigenvalue weighted by Gasteiger charge is -1.98. The van der Waals surface area contributed by atoms with E-state index in [2.05, 4.69) is 6.92 Å². The Hall–Kier alpha value is -0.120. The Kier molecular flexibility index (Phi) is 14.6. The first-order valence-corrected chi connectivity index (χ1v) is 3.79. The molecule has 0 spiro atoms. The zero-order valence-electron chi connectivity index (χ0n) is 7.01. The molecule has 3 heteroatoms. The van der Waals surface area contributed by atoms with E-state index in [0.717, 1.165) is 19.4 Å². The molecule has 0 fully saturated rings. The van der Waals surface area contributed by atoms with E-state index in [-0.39, 0.29) is 12.6 Å². The van der Waals surface area contributed by atoms with E-state index in [4.69, 9.17) is 16.6 Å². The average molecular weight is 148 g/mol. The Morgan fingerprint density at radius 1 is 1.40 bits per heavy atom. The second-order valence-corrected chi connectivity index (χ2v) is 2.14. The SMILES string of the molecule is CCC(N)CO.CCCN. The van der Waals surface area contributed by atoms with Crippen molar-refractivity contribution in [2.24, 2.45) is 11.5 Å². The van der Waals surface area contributed by atoms with Crippen molar-refractivity contribution in [3.05, 3.63) is 0 Å². The van der Waals surface area contributed by atoms with Gasteiger partial charge >= 0.3 is 0 Å². The van der Waals surface area contributed by atoms with Crippen LogP contribution in [-0.4, -0.2) is 24.3 Å². The third-order valence-corrected chi connectivity index (χ3v) is 1.05. The van der Waals surface area contributed by atoms with Crippen LogP contribution in [0, 0.1) is 0 Å². The van der Waals surface area contributed by atoms with Gasteiger partial charge in [0.15, 0.2) is 0 Å². The molecule has 0 aromatic rings.